The fraction of sp³-hybridized carbons (Fsp3) is 0.208. The standard InChI is InChI=1S/C24H19BrN2O5S/c1-3-30-23(29)20-13(2)27-22(28)19(11-14-4-9-17-18(10-14)32-12-31-17)33-24(27)26-21(20)15-5-7-16(25)8-6-15/h4-11,21H,3,12H2,1-2H3/b19-11-/t21-/m0/s1. The lowest BCUT2D eigenvalue weighted by molar-refractivity contribution is -0.138. The number of carbonyl (C=O) groups excluding carboxylic acids is 1. The van der Waals surface area contributed by atoms with Crippen molar-refractivity contribution in [3.8, 4) is 11.5 Å². The second-order valence-electron chi connectivity index (χ2n) is 7.45. The van der Waals surface area contributed by atoms with E-state index in [0.29, 0.717) is 32.1 Å². The van der Waals surface area contributed by atoms with Crippen LogP contribution in [0.1, 0.15) is 31.0 Å². The Labute approximate surface area is 201 Å². The van der Waals surface area contributed by atoms with Crippen LogP contribution in [0.5, 0.6) is 11.5 Å². The second kappa shape index (κ2) is 8.64. The summed E-state index contributed by atoms with van der Waals surface area (Å²) in [6.07, 6.45) is 1.79. The van der Waals surface area contributed by atoms with Gasteiger partial charge >= 0.3 is 5.97 Å². The Kier molecular flexibility index (Phi) is 5.67. The number of nitrogens with zero attached hydrogens (tertiary/aromatic N) is 2. The summed E-state index contributed by atoms with van der Waals surface area (Å²) < 4.78 is 19.0. The van der Waals surface area contributed by atoms with Crippen LogP contribution in [-0.2, 0) is 9.53 Å². The number of carbonyl (C=O) groups is 1. The molecule has 0 aliphatic carbocycles. The molecular weight excluding hydrogens is 508 g/mol. The monoisotopic (exact) mass is 526 g/mol. The van der Waals surface area contributed by atoms with E-state index in [0.717, 1.165) is 15.6 Å². The van der Waals surface area contributed by atoms with Gasteiger partial charge in [-0.3, -0.25) is 9.36 Å². The summed E-state index contributed by atoms with van der Waals surface area (Å²) in [4.78, 5) is 31.5. The Bertz CT molecular complexity index is 1470. The molecule has 0 amide bonds. The molecule has 2 aliphatic rings. The first kappa shape index (κ1) is 21.7. The van der Waals surface area contributed by atoms with Crippen LogP contribution in [0.3, 0.4) is 0 Å². The lowest BCUT2D eigenvalue weighted by atomic mass is 9.97. The Morgan fingerprint density at radius 3 is 2.76 bits per heavy atom. The highest BCUT2D eigenvalue weighted by atomic mass is 79.9. The number of esters is 1. The average Bonchev–Trinajstić information content (AvgIpc) is 3.38. The van der Waals surface area contributed by atoms with Gasteiger partial charge in [0.2, 0.25) is 6.79 Å². The molecule has 2 aromatic carbocycles. The van der Waals surface area contributed by atoms with E-state index in [4.69, 9.17) is 19.2 Å². The third-order valence-corrected chi connectivity index (χ3v) is 6.93. The van der Waals surface area contributed by atoms with Gasteiger partial charge in [0.1, 0.15) is 6.04 Å². The van der Waals surface area contributed by atoms with Crippen LogP contribution in [0.25, 0.3) is 11.8 Å². The summed E-state index contributed by atoms with van der Waals surface area (Å²) in [5.74, 6) is 0.849. The van der Waals surface area contributed by atoms with Crippen molar-refractivity contribution in [2.24, 2.45) is 4.99 Å². The van der Waals surface area contributed by atoms with E-state index >= 15 is 0 Å². The number of allylic oxidation sites excluding steroid dienone is 1. The highest BCUT2D eigenvalue weighted by Gasteiger charge is 2.31. The first-order valence-electron chi connectivity index (χ1n) is 10.3. The van der Waals surface area contributed by atoms with Crippen molar-refractivity contribution in [2.75, 3.05) is 13.4 Å². The minimum Gasteiger partial charge on any atom is -0.463 e. The Morgan fingerprint density at radius 2 is 2.00 bits per heavy atom. The zero-order valence-corrected chi connectivity index (χ0v) is 20.2. The number of aromatic nitrogens is 1. The maximum atomic E-state index is 13.3. The molecule has 33 heavy (non-hydrogen) atoms. The van der Waals surface area contributed by atoms with E-state index in [-0.39, 0.29) is 19.0 Å². The highest BCUT2D eigenvalue weighted by molar-refractivity contribution is 9.10. The summed E-state index contributed by atoms with van der Waals surface area (Å²) in [5, 5.41) is 0. The Morgan fingerprint density at radius 1 is 1.24 bits per heavy atom. The summed E-state index contributed by atoms with van der Waals surface area (Å²) in [7, 11) is 0. The van der Waals surface area contributed by atoms with Crippen molar-refractivity contribution in [2.45, 2.75) is 19.9 Å². The smallest absolute Gasteiger partial charge is 0.338 e. The van der Waals surface area contributed by atoms with Gasteiger partial charge in [-0.25, -0.2) is 9.79 Å². The number of thiazole rings is 1. The predicted molar refractivity (Wildman–Crippen MR) is 128 cm³/mol. The molecule has 0 saturated heterocycles. The quantitative estimate of drug-likeness (QED) is 0.487. The van der Waals surface area contributed by atoms with E-state index in [9.17, 15) is 9.59 Å². The minimum atomic E-state index is -0.561. The third kappa shape index (κ3) is 3.91. The SMILES string of the molecule is CCOC(=O)C1=C(C)n2c(s/c(=C\c3ccc4c(c3)OCO4)c2=O)=N[C@H]1c1ccc(Br)cc1. The molecule has 5 rings (SSSR count). The predicted octanol–water partition coefficient (Wildman–Crippen LogP) is 3.40. The van der Waals surface area contributed by atoms with Crippen LogP contribution in [-0.4, -0.2) is 23.9 Å². The van der Waals surface area contributed by atoms with Gasteiger partial charge in [-0.2, -0.15) is 0 Å². The first-order chi connectivity index (χ1) is 16.0. The molecular formula is C24H19BrN2O5S. The van der Waals surface area contributed by atoms with Crippen LogP contribution in [0.4, 0.5) is 0 Å². The fourth-order valence-corrected chi connectivity index (χ4v) is 5.16. The van der Waals surface area contributed by atoms with Gasteiger partial charge in [0.15, 0.2) is 16.3 Å². The lowest BCUT2D eigenvalue weighted by Gasteiger charge is -2.22. The number of benzene rings is 2. The summed E-state index contributed by atoms with van der Waals surface area (Å²) in [5.41, 5.74) is 2.31. The van der Waals surface area contributed by atoms with E-state index in [1.807, 2.05) is 42.5 Å². The number of ether oxygens (including phenoxy) is 3. The van der Waals surface area contributed by atoms with Crippen molar-refractivity contribution in [3.63, 3.8) is 0 Å². The third-order valence-electron chi connectivity index (χ3n) is 5.42. The maximum absolute atomic E-state index is 13.3. The van der Waals surface area contributed by atoms with Crippen molar-refractivity contribution < 1.29 is 19.0 Å². The summed E-state index contributed by atoms with van der Waals surface area (Å²) in [6.45, 7) is 3.93. The van der Waals surface area contributed by atoms with E-state index < -0.39 is 12.0 Å². The summed E-state index contributed by atoms with van der Waals surface area (Å²) >= 11 is 4.72. The molecule has 0 fully saturated rings. The maximum Gasteiger partial charge on any atom is 0.338 e. The molecule has 9 heteroatoms. The van der Waals surface area contributed by atoms with Crippen LogP contribution >= 0.6 is 27.3 Å². The van der Waals surface area contributed by atoms with Crippen LogP contribution < -0.4 is 24.4 Å². The highest BCUT2D eigenvalue weighted by Crippen LogP contribution is 2.34. The molecule has 3 aromatic rings. The number of halogens is 1. The second-order valence-corrected chi connectivity index (χ2v) is 9.37. The van der Waals surface area contributed by atoms with E-state index in [2.05, 4.69) is 15.9 Å². The van der Waals surface area contributed by atoms with Gasteiger partial charge in [0.05, 0.1) is 16.7 Å². The number of hydrogen-bond donors (Lipinski definition) is 0. The molecule has 0 saturated carbocycles. The largest absolute Gasteiger partial charge is 0.463 e. The van der Waals surface area contributed by atoms with E-state index in [1.54, 1.807) is 19.9 Å². The number of fused-ring (bicyclic) bond motifs is 2. The van der Waals surface area contributed by atoms with E-state index in [1.165, 1.54) is 15.9 Å². The molecule has 168 valence electrons. The van der Waals surface area contributed by atoms with Crippen molar-refractivity contribution in [3.05, 3.63) is 83.3 Å². The first-order valence-corrected chi connectivity index (χ1v) is 11.9. The molecule has 0 spiro atoms. The van der Waals surface area contributed by atoms with Crippen LogP contribution in [0, 0.1) is 0 Å². The Hall–Kier alpha value is -3.17. The fourth-order valence-electron chi connectivity index (χ4n) is 3.86. The van der Waals surface area contributed by atoms with Gasteiger partial charge in [-0.15, -0.1) is 0 Å². The molecule has 3 heterocycles. The molecule has 1 atom stereocenters. The van der Waals surface area contributed by atoms with Gasteiger partial charge in [-0.1, -0.05) is 45.5 Å². The van der Waals surface area contributed by atoms with Crippen LogP contribution in [0.15, 0.2) is 62.3 Å². The normalized spacial score (nSPS) is 17.1. The zero-order valence-electron chi connectivity index (χ0n) is 17.8. The molecule has 0 bridgehead atoms. The minimum absolute atomic E-state index is 0.186. The van der Waals surface area contributed by atoms with Crippen molar-refractivity contribution in [1.29, 1.82) is 0 Å². The van der Waals surface area contributed by atoms with Crippen molar-refractivity contribution in [1.82, 2.24) is 4.57 Å². The van der Waals surface area contributed by atoms with Gasteiger partial charge in [0.25, 0.3) is 5.56 Å². The Balaban J connectivity index is 1.68. The molecule has 0 N–H and O–H groups in total. The molecule has 7 nitrogen and oxygen atoms in total. The number of rotatable bonds is 4. The van der Waals surface area contributed by atoms with Gasteiger partial charge in [-0.05, 0) is 55.3 Å². The molecule has 2 aliphatic heterocycles. The van der Waals surface area contributed by atoms with Gasteiger partial charge < -0.3 is 14.2 Å². The average molecular weight is 527 g/mol. The van der Waals surface area contributed by atoms with Crippen LogP contribution in [0.2, 0.25) is 0 Å². The lowest BCUT2D eigenvalue weighted by Crippen LogP contribution is -2.35. The van der Waals surface area contributed by atoms with Crippen molar-refractivity contribution >= 4 is 45.0 Å². The van der Waals surface area contributed by atoms with Gasteiger partial charge in [0, 0.05) is 10.2 Å². The number of hydrogen-bond acceptors (Lipinski definition) is 7. The summed E-state index contributed by atoms with van der Waals surface area (Å²) in [6, 6.07) is 12.6. The molecule has 0 radical (unpaired) electrons. The molecule has 1 aromatic heterocycles. The zero-order chi connectivity index (χ0) is 23.1. The molecule has 0 unspecified atom stereocenters. The topological polar surface area (TPSA) is 79.1 Å².